The number of nitrogens with zero attached hydrogens (tertiary/aromatic N) is 1. The first-order chi connectivity index (χ1) is 7.00. The molecule has 0 saturated carbocycles. The van der Waals surface area contributed by atoms with Crippen LogP contribution >= 0.6 is 0 Å². The van der Waals surface area contributed by atoms with E-state index < -0.39 is 10.1 Å². The summed E-state index contributed by atoms with van der Waals surface area (Å²) in [6, 6.07) is 5.30. The fourth-order valence-corrected chi connectivity index (χ4v) is 2.04. The zero-order chi connectivity index (χ0) is 11.1. The van der Waals surface area contributed by atoms with Crippen molar-refractivity contribution in [2.45, 2.75) is 4.90 Å². The second-order valence-electron chi connectivity index (χ2n) is 2.96. The number of hydrogen-bond donors (Lipinski definition) is 2. The molecule has 0 fully saturated rings. The van der Waals surface area contributed by atoms with Crippen molar-refractivity contribution in [1.29, 1.82) is 0 Å². The second kappa shape index (κ2) is 4.54. The van der Waals surface area contributed by atoms with Crippen molar-refractivity contribution in [1.82, 2.24) is 4.98 Å². The quantitative estimate of drug-likeness (QED) is 0.577. The molecule has 0 amide bonds. The van der Waals surface area contributed by atoms with Crippen LogP contribution in [0, 0.1) is 0 Å². The van der Waals surface area contributed by atoms with Crippen LogP contribution in [0.15, 0.2) is 35.4 Å². The van der Waals surface area contributed by atoms with Crippen LogP contribution in [0.3, 0.4) is 0 Å². The molecular formula is C9H7MgNO4S+2. The SMILES string of the molecule is O=S(=O)(O)c1ccc(O)c2ncccc12.[Mg+2]. The Labute approximate surface area is 108 Å². The van der Waals surface area contributed by atoms with Gasteiger partial charge in [0.25, 0.3) is 10.1 Å². The van der Waals surface area contributed by atoms with Crippen LogP contribution in [0.5, 0.6) is 5.75 Å². The Morgan fingerprint density at radius 3 is 2.50 bits per heavy atom. The predicted octanol–water partition coefficient (Wildman–Crippen LogP) is 0.806. The number of hydrogen-bond acceptors (Lipinski definition) is 4. The number of aromatic hydroxyl groups is 1. The largest absolute Gasteiger partial charge is 2.00 e. The molecule has 0 radical (unpaired) electrons. The molecule has 2 aromatic rings. The maximum absolute atomic E-state index is 11.0. The first-order valence-corrected chi connectivity index (χ1v) is 5.48. The zero-order valence-corrected chi connectivity index (χ0v) is 10.4. The second-order valence-corrected chi connectivity index (χ2v) is 4.35. The molecule has 0 bridgehead atoms. The molecule has 2 rings (SSSR count). The summed E-state index contributed by atoms with van der Waals surface area (Å²) in [7, 11) is -4.30. The Kier molecular flexibility index (Phi) is 3.74. The van der Waals surface area contributed by atoms with E-state index in [4.69, 9.17) is 4.55 Å². The van der Waals surface area contributed by atoms with Crippen LogP contribution in [0.1, 0.15) is 0 Å². The van der Waals surface area contributed by atoms with Crippen LogP contribution < -0.4 is 0 Å². The molecular weight excluding hydrogens is 242 g/mol. The fraction of sp³-hybridized carbons (Fsp3) is 0. The average molecular weight is 250 g/mol. The van der Waals surface area contributed by atoms with Gasteiger partial charge in [0.1, 0.15) is 16.2 Å². The third-order valence-corrected chi connectivity index (χ3v) is 2.90. The summed E-state index contributed by atoms with van der Waals surface area (Å²) in [5.74, 6) is -0.127. The molecule has 78 valence electrons. The normalized spacial score (nSPS) is 11.1. The minimum atomic E-state index is -4.30. The molecule has 16 heavy (non-hydrogen) atoms. The molecule has 7 heteroatoms. The van der Waals surface area contributed by atoms with Crippen LogP contribution in [-0.2, 0) is 10.1 Å². The number of phenols is 1. The monoisotopic (exact) mass is 249 g/mol. The van der Waals surface area contributed by atoms with Gasteiger partial charge in [0.15, 0.2) is 0 Å². The first kappa shape index (κ1) is 13.2. The van der Waals surface area contributed by atoms with E-state index in [0.717, 1.165) is 6.07 Å². The number of rotatable bonds is 1. The Bertz CT molecular complexity index is 626. The number of fused-ring (bicyclic) bond motifs is 1. The van der Waals surface area contributed by atoms with Gasteiger partial charge in [0.05, 0.1) is 0 Å². The van der Waals surface area contributed by atoms with Gasteiger partial charge in [-0.1, -0.05) is 0 Å². The third-order valence-electron chi connectivity index (χ3n) is 1.99. The molecule has 0 spiro atoms. The maximum atomic E-state index is 11.0. The molecule has 2 N–H and O–H groups in total. The summed E-state index contributed by atoms with van der Waals surface area (Å²) in [6.45, 7) is 0. The molecule has 0 aliphatic rings. The first-order valence-electron chi connectivity index (χ1n) is 4.04. The molecule has 1 heterocycles. The summed E-state index contributed by atoms with van der Waals surface area (Å²) >= 11 is 0. The molecule has 0 aliphatic carbocycles. The predicted molar refractivity (Wildman–Crippen MR) is 59.0 cm³/mol. The smallest absolute Gasteiger partial charge is 0.506 e. The van der Waals surface area contributed by atoms with Gasteiger partial charge in [-0.3, -0.25) is 9.54 Å². The molecule has 0 saturated heterocycles. The number of benzene rings is 1. The molecule has 0 atom stereocenters. The van der Waals surface area contributed by atoms with Crippen molar-refractivity contribution in [3.05, 3.63) is 30.5 Å². The molecule has 5 nitrogen and oxygen atoms in total. The van der Waals surface area contributed by atoms with Crippen LogP contribution in [0.25, 0.3) is 10.9 Å². The minimum Gasteiger partial charge on any atom is -0.506 e. The van der Waals surface area contributed by atoms with Crippen molar-refractivity contribution in [2.24, 2.45) is 0 Å². The standard InChI is InChI=1S/C9H7NO4S.Mg/c11-7-3-4-8(15(12,13)14)6-2-1-5-10-9(6)7;/h1-5,11H,(H,12,13,14);/q;+2. The Morgan fingerprint density at radius 2 is 1.88 bits per heavy atom. The van der Waals surface area contributed by atoms with E-state index in [-0.39, 0.29) is 44.6 Å². The van der Waals surface area contributed by atoms with Crippen LogP contribution in [0.4, 0.5) is 0 Å². The Hall–Kier alpha value is -0.894. The van der Waals surface area contributed by atoms with Crippen molar-refractivity contribution in [2.75, 3.05) is 0 Å². The van der Waals surface area contributed by atoms with Gasteiger partial charge < -0.3 is 5.11 Å². The van der Waals surface area contributed by atoms with Gasteiger partial charge in [-0.25, -0.2) is 0 Å². The van der Waals surface area contributed by atoms with Gasteiger partial charge >= 0.3 is 23.1 Å². The number of aromatic nitrogens is 1. The van der Waals surface area contributed by atoms with Crippen LogP contribution in [0.2, 0.25) is 0 Å². The van der Waals surface area contributed by atoms with E-state index in [1.807, 2.05) is 0 Å². The third kappa shape index (κ3) is 2.27. The van der Waals surface area contributed by atoms with E-state index in [0.29, 0.717) is 0 Å². The van der Waals surface area contributed by atoms with Gasteiger partial charge in [-0.2, -0.15) is 8.42 Å². The topological polar surface area (TPSA) is 87.5 Å². The van der Waals surface area contributed by atoms with E-state index in [1.54, 1.807) is 0 Å². The van der Waals surface area contributed by atoms with E-state index >= 15 is 0 Å². The molecule has 1 aromatic heterocycles. The number of phenolic OH excluding ortho intramolecular Hbond substituents is 1. The molecule has 0 aliphatic heterocycles. The van der Waals surface area contributed by atoms with E-state index in [1.165, 1.54) is 24.4 Å². The average Bonchev–Trinajstić information content (AvgIpc) is 2.17. The van der Waals surface area contributed by atoms with Crippen molar-refractivity contribution >= 4 is 44.1 Å². The molecule has 0 unspecified atom stereocenters. The summed E-state index contributed by atoms with van der Waals surface area (Å²) in [5, 5.41) is 9.62. The van der Waals surface area contributed by atoms with E-state index in [9.17, 15) is 13.5 Å². The minimum absolute atomic E-state index is 0. The Morgan fingerprint density at radius 1 is 1.19 bits per heavy atom. The summed E-state index contributed by atoms with van der Waals surface area (Å²) in [4.78, 5) is 3.57. The summed E-state index contributed by atoms with van der Waals surface area (Å²) < 4.78 is 30.9. The Balaban J connectivity index is 0.00000128. The van der Waals surface area contributed by atoms with Gasteiger partial charge in [0.2, 0.25) is 0 Å². The fourth-order valence-electron chi connectivity index (χ4n) is 1.36. The summed E-state index contributed by atoms with van der Waals surface area (Å²) in [5.41, 5.74) is 0.146. The van der Waals surface area contributed by atoms with Crippen molar-refractivity contribution in [3.63, 3.8) is 0 Å². The summed E-state index contributed by atoms with van der Waals surface area (Å²) in [6.07, 6.45) is 1.43. The van der Waals surface area contributed by atoms with Crippen LogP contribution in [-0.4, -0.2) is 46.1 Å². The number of pyridine rings is 1. The van der Waals surface area contributed by atoms with Gasteiger partial charge in [-0.05, 0) is 24.3 Å². The van der Waals surface area contributed by atoms with E-state index in [2.05, 4.69) is 4.98 Å². The molecule has 1 aromatic carbocycles. The van der Waals surface area contributed by atoms with Crippen molar-refractivity contribution < 1.29 is 18.1 Å². The van der Waals surface area contributed by atoms with Gasteiger partial charge in [0, 0.05) is 11.6 Å². The van der Waals surface area contributed by atoms with Crippen molar-refractivity contribution in [3.8, 4) is 5.75 Å². The maximum Gasteiger partial charge on any atom is 2.00 e. The zero-order valence-electron chi connectivity index (χ0n) is 8.16. The van der Waals surface area contributed by atoms with Gasteiger partial charge in [-0.15, -0.1) is 0 Å².